The molecule has 3 rings (SSSR count). The molecule has 0 atom stereocenters. The average molecular weight is 544 g/mol. The largest absolute Gasteiger partial charge is 0.481 e. The molecule has 2 aromatic rings. The van der Waals surface area contributed by atoms with E-state index in [-0.39, 0.29) is 24.3 Å². The van der Waals surface area contributed by atoms with Crippen LogP contribution in [0.5, 0.6) is 5.75 Å². The van der Waals surface area contributed by atoms with Crippen molar-refractivity contribution in [3.05, 3.63) is 67.1 Å². The quantitative estimate of drug-likeness (QED) is 0.298. The second kappa shape index (κ2) is 9.64. The molecule has 0 saturated carbocycles. The fraction of sp³-hybridized carbons (Fsp3) is 0.150. The lowest BCUT2D eigenvalue weighted by atomic mass is 10.2. The number of methoxy groups -OCH3 is 1. The third kappa shape index (κ3) is 5.52. The van der Waals surface area contributed by atoms with Crippen LogP contribution in [0.4, 0.5) is 4.79 Å². The van der Waals surface area contributed by atoms with Crippen molar-refractivity contribution in [1.29, 1.82) is 0 Å². The Bertz CT molecular complexity index is 993. The van der Waals surface area contributed by atoms with Crippen LogP contribution in [0.3, 0.4) is 0 Å². The average Bonchev–Trinajstić information content (AvgIpc) is 2.96. The van der Waals surface area contributed by atoms with Crippen LogP contribution in [0.25, 0.3) is 6.08 Å². The van der Waals surface area contributed by atoms with Gasteiger partial charge in [0.05, 0.1) is 22.1 Å². The summed E-state index contributed by atoms with van der Waals surface area (Å²) in [6.45, 7) is 0.00640. The van der Waals surface area contributed by atoms with E-state index in [0.717, 1.165) is 26.5 Å². The highest BCUT2D eigenvalue weighted by molar-refractivity contribution is 14.1. The minimum absolute atomic E-state index is 0.185. The van der Waals surface area contributed by atoms with E-state index in [0.29, 0.717) is 15.7 Å². The second-order valence-corrected chi connectivity index (χ2v) is 8.54. The number of carbonyl (C=O) groups excluding carboxylic acids is 3. The van der Waals surface area contributed by atoms with Gasteiger partial charge in [-0.1, -0.05) is 29.8 Å². The number of hydrogen-bond acceptors (Lipinski definition) is 6. The highest BCUT2D eigenvalue weighted by Gasteiger charge is 2.35. The number of amides is 2. The zero-order chi connectivity index (χ0) is 21.0. The molecule has 6 nitrogen and oxygen atoms in total. The van der Waals surface area contributed by atoms with E-state index in [1.807, 2.05) is 0 Å². The summed E-state index contributed by atoms with van der Waals surface area (Å²) < 4.78 is 10.7. The van der Waals surface area contributed by atoms with Crippen LogP contribution in [0.2, 0.25) is 5.02 Å². The fourth-order valence-corrected chi connectivity index (χ4v) is 4.14. The summed E-state index contributed by atoms with van der Waals surface area (Å²) in [5.41, 5.74) is 1.57. The fourth-order valence-electron chi connectivity index (χ4n) is 2.48. The maximum Gasteiger partial charge on any atom is 0.343 e. The summed E-state index contributed by atoms with van der Waals surface area (Å²) >= 11 is 8.85. The molecule has 0 radical (unpaired) electrons. The number of rotatable bonds is 6. The van der Waals surface area contributed by atoms with Gasteiger partial charge in [-0.3, -0.25) is 14.5 Å². The zero-order valence-corrected chi connectivity index (χ0v) is 18.9. The van der Waals surface area contributed by atoms with Gasteiger partial charge in [-0.15, -0.1) is 0 Å². The van der Waals surface area contributed by atoms with E-state index in [9.17, 15) is 14.4 Å². The molecular weight excluding hydrogens is 529 g/mol. The third-order valence-corrected chi connectivity index (χ3v) is 5.96. The molecule has 1 aliphatic heterocycles. The highest BCUT2D eigenvalue weighted by atomic mass is 127. The van der Waals surface area contributed by atoms with E-state index in [2.05, 4.69) is 27.3 Å². The van der Waals surface area contributed by atoms with Crippen molar-refractivity contribution >= 4 is 69.1 Å². The van der Waals surface area contributed by atoms with Crippen molar-refractivity contribution in [2.45, 2.75) is 6.54 Å². The van der Waals surface area contributed by atoms with Crippen LogP contribution in [-0.2, 0) is 20.9 Å². The Morgan fingerprint density at radius 3 is 2.59 bits per heavy atom. The molecule has 2 amide bonds. The van der Waals surface area contributed by atoms with Gasteiger partial charge in [0, 0.05) is 5.02 Å². The molecule has 0 unspecified atom stereocenters. The minimum atomic E-state index is -0.473. The summed E-state index contributed by atoms with van der Waals surface area (Å²) in [5.74, 6) is -0.279. The lowest BCUT2D eigenvalue weighted by Gasteiger charge is -2.12. The second-order valence-electron chi connectivity index (χ2n) is 5.95. The number of thioether (sulfide) groups is 1. The van der Waals surface area contributed by atoms with Crippen LogP contribution in [0, 0.1) is 3.57 Å². The van der Waals surface area contributed by atoms with Gasteiger partial charge in [-0.05, 0) is 75.8 Å². The first-order valence-electron chi connectivity index (χ1n) is 8.36. The summed E-state index contributed by atoms with van der Waals surface area (Å²) in [6, 6.07) is 12.3. The van der Waals surface area contributed by atoms with Crippen molar-refractivity contribution in [2.75, 3.05) is 13.7 Å². The Balaban J connectivity index is 1.72. The van der Waals surface area contributed by atoms with Crippen LogP contribution < -0.4 is 4.74 Å². The number of benzene rings is 2. The van der Waals surface area contributed by atoms with Crippen molar-refractivity contribution in [2.24, 2.45) is 0 Å². The number of imide groups is 1. The van der Waals surface area contributed by atoms with Gasteiger partial charge >= 0.3 is 5.97 Å². The monoisotopic (exact) mass is 543 g/mol. The van der Waals surface area contributed by atoms with Gasteiger partial charge in [0.1, 0.15) is 5.75 Å². The molecule has 1 aliphatic rings. The van der Waals surface area contributed by atoms with E-state index in [4.69, 9.17) is 16.3 Å². The number of halogens is 2. The SMILES string of the molecule is COC(=O)COc1ccc(/C=C2/SC(=O)N(Cc3ccc(Cl)cc3)C2=O)cc1I. The lowest BCUT2D eigenvalue weighted by Crippen LogP contribution is -2.27. The smallest absolute Gasteiger partial charge is 0.343 e. The molecule has 9 heteroatoms. The van der Waals surface area contributed by atoms with Crippen molar-refractivity contribution in [1.82, 2.24) is 4.90 Å². The number of carbonyl (C=O) groups is 3. The van der Waals surface area contributed by atoms with Crippen molar-refractivity contribution in [3.8, 4) is 5.75 Å². The van der Waals surface area contributed by atoms with E-state index < -0.39 is 5.97 Å². The molecule has 1 saturated heterocycles. The van der Waals surface area contributed by atoms with Gasteiger partial charge < -0.3 is 9.47 Å². The van der Waals surface area contributed by atoms with Crippen molar-refractivity contribution in [3.63, 3.8) is 0 Å². The predicted octanol–water partition coefficient (Wildman–Crippen LogP) is 4.73. The molecule has 0 N–H and O–H groups in total. The first-order chi connectivity index (χ1) is 13.9. The Hall–Kier alpha value is -2.04. The lowest BCUT2D eigenvalue weighted by molar-refractivity contribution is -0.142. The topological polar surface area (TPSA) is 72.9 Å². The molecule has 29 heavy (non-hydrogen) atoms. The molecule has 0 spiro atoms. The zero-order valence-electron chi connectivity index (χ0n) is 15.2. The summed E-state index contributed by atoms with van der Waals surface area (Å²) in [5, 5.41) is 0.278. The Morgan fingerprint density at radius 1 is 1.21 bits per heavy atom. The normalized spacial score (nSPS) is 15.1. The van der Waals surface area contributed by atoms with Gasteiger partial charge in [0.15, 0.2) is 6.61 Å². The molecular formula is C20H15ClINO5S. The Kier molecular flexibility index (Phi) is 7.20. The number of nitrogens with zero attached hydrogens (tertiary/aromatic N) is 1. The van der Waals surface area contributed by atoms with Gasteiger partial charge in [0.25, 0.3) is 11.1 Å². The van der Waals surface area contributed by atoms with Gasteiger partial charge in [-0.2, -0.15) is 0 Å². The molecule has 0 bridgehead atoms. The maximum absolute atomic E-state index is 12.7. The van der Waals surface area contributed by atoms with Gasteiger partial charge in [0.2, 0.25) is 0 Å². The Morgan fingerprint density at radius 2 is 1.93 bits per heavy atom. The molecule has 1 heterocycles. The number of hydrogen-bond donors (Lipinski definition) is 0. The number of ether oxygens (including phenoxy) is 2. The summed E-state index contributed by atoms with van der Waals surface area (Å²) in [4.78, 5) is 37.7. The maximum atomic E-state index is 12.7. The number of esters is 1. The molecule has 0 aliphatic carbocycles. The van der Waals surface area contributed by atoms with E-state index in [1.165, 1.54) is 12.0 Å². The third-order valence-electron chi connectivity index (χ3n) is 3.95. The highest BCUT2D eigenvalue weighted by Crippen LogP contribution is 2.34. The standard InChI is InChI=1S/C20H15ClINO5S/c1-27-18(24)11-28-16-7-4-13(8-15(16)22)9-17-19(25)23(20(26)29-17)10-12-2-5-14(21)6-3-12/h2-9H,10-11H2,1H3/b17-9+. The van der Waals surface area contributed by atoms with E-state index in [1.54, 1.807) is 48.5 Å². The van der Waals surface area contributed by atoms with E-state index >= 15 is 0 Å². The van der Waals surface area contributed by atoms with Crippen LogP contribution >= 0.6 is 46.0 Å². The molecule has 1 fully saturated rings. The van der Waals surface area contributed by atoms with Crippen LogP contribution in [-0.4, -0.2) is 35.7 Å². The van der Waals surface area contributed by atoms with Crippen LogP contribution in [0.15, 0.2) is 47.4 Å². The van der Waals surface area contributed by atoms with Gasteiger partial charge in [-0.25, -0.2) is 4.79 Å². The summed E-state index contributed by atoms with van der Waals surface area (Å²) in [6.07, 6.45) is 1.67. The van der Waals surface area contributed by atoms with Crippen LogP contribution in [0.1, 0.15) is 11.1 Å². The first kappa shape index (κ1) is 21.7. The summed E-state index contributed by atoms with van der Waals surface area (Å²) in [7, 11) is 1.29. The molecule has 0 aromatic heterocycles. The molecule has 2 aromatic carbocycles. The minimum Gasteiger partial charge on any atom is -0.481 e. The first-order valence-corrected chi connectivity index (χ1v) is 10.6. The Labute approximate surface area is 190 Å². The predicted molar refractivity (Wildman–Crippen MR) is 120 cm³/mol. The molecule has 150 valence electrons. The van der Waals surface area contributed by atoms with Crippen molar-refractivity contribution < 1.29 is 23.9 Å².